The first-order valence-corrected chi connectivity index (χ1v) is 5.03. The van der Waals surface area contributed by atoms with Gasteiger partial charge in [0, 0.05) is 0 Å². The van der Waals surface area contributed by atoms with Crippen LogP contribution in [0.3, 0.4) is 0 Å². The van der Waals surface area contributed by atoms with Crippen molar-refractivity contribution in [3.63, 3.8) is 0 Å². The summed E-state index contributed by atoms with van der Waals surface area (Å²) in [5.74, 6) is -0.553. The Bertz CT molecular complexity index is 452. The quantitative estimate of drug-likeness (QED) is 0.826. The minimum Gasteiger partial charge on any atom is -0.486 e. The maximum absolute atomic E-state index is 11.8. The average Bonchev–Trinajstić information content (AvgIpc) is 2.15. The minimum absolute atomic E-state index is 0.0643. The van der Waals surface area contributed by atoms with Gasteiger partial charge < -0.3 is 9.84 Å². The summed E-state index contributed by atoms with van der Waals surface area (Å²) in [6.07, 6.45) is -0.0661. The molecule has 1 atom stereocenters. The Morgan fingerprint density at radius 2 is 2.19 bits per heavy atom. The first-order valence-electron chi connectivity index (χ1n) is 5.03. The molecule has 0 spiro atoms. The first kappa shape index (κ1) is 10.7. The third kappa shape index (κ3) is 1.91. The van der Waals surface area contributed by atoms with E-state index in [0.29, 0.717) is 11.3 Å². The molecule has 1 N–H and O–H groups in total. The second-order valence-electron chi connectivity index (χ2n) is 4.22. The number of carbonyl (C=O) groups excluding carboxylic acids is 1. The number of para-hydroxylation sites is 1. The fourth-order valence-electron chi connectivity index (χ4n) is 1.94. The Hall–Kier alpha value is -1.84. The molecular weight excluding hydrogens is 208 g/mol. The fraction of sp³-hybridized carbons (Fsp3) is 0.333. The average molecular weight is 220 g/mol. The number of ketones is 1. The summed E-state index contributed by atoms with van der Waals surface area (Å²) in [6, 6.07) is 6.91. The van der Waals surface area contributed by atoms with Gasteiger partial charge in [0.25, 0.3) is 0 Å². The van der Waals surface area contributed by atoms with Crippen molar-refractivity contribution in [3.05, 3.63) is 29.8 Å². The molecule has 1 unspecified atom stereocenters. The van der Waals surface area contributed by atoms with E-state index >= 15 is 0 Å². The molecular formula is C12H12O4. The number of carbonyl (C=O) groups is 2. The number of hydrogen-bond donors (Lipinski definition) is 1. The zero-order valence-corrected chi connectivity index (χ0v) is 8.90. The highest BCUT2D eigenvalue weighted by atomic mass is 16.5. The number of carboxylic acid groups (broad SMARTS) is 1. The number of fused-ring (bicyclic) bond motifs is 1. The zero-order chi connectivity index (χ0) is 11.8. The minimum atomic E-state index is -0.963. The van der Waals surface area contributed by atoms with Gasteiger partial charge in [-0.05, 0) is 19.1 Å². The smallest absolute Gasteiger partial charge is 0.307 e. The van der Waals surface area contributed by atoms with E-state index in [1.165, 1.54) is 0 Å². The van der Waals surface area contributed by atoms with Gasteiger partial charge in [-0.1, -0.05) is 12.1 Å². The highest BCUT2D eigenvalue weighted by Gasteiger charge is 2.38. The van der Waals surface area contributed by atoms with Crippen LogP contribution in [0.5, 0.6) is 5.75 Å². The van der Waals surface area contributed by atoms with Crippen LogP contribution in [-0.4, -0.2) is 22.5 Å². The number of ether oxygens (including phenoxy) is 1. The van der Waals surface area contributed by atoms with E-state index in [-0.39, 0.29) is 18.6 Å². The van der Waals surface area contributed by atoms with Crippen molar-refractivity contribution in [1.29, 1.82) is 0 Å². The van der Waals surface area contributed by atoms with E-state index in [9.17, 15) is 9.59 Å². The van der Waals surface area contributed by atoms with Gasteiger partial charge in [0.15, 0.2) is 5.78 Å². The number of Topliss-reactive ketones (excluding diaryl/α,β-unsaturated/α-hetero) is 1. The molecule has 1 aliphatic rings. The molecule has 0 saturated carbocycles. The molecule has 4 heteroatoms. The van der Waals surface area contributed by atoms with Gasteiger partial charge in [-0.15, -0.1) is 0 Å². The normalized spacial score (nSPS) is 23.4. The maximum Gasteiger partial charge on any atom is 0.307 e. The van der Waals surface area contributed by atoms with Crippen LogP contribution in [-0.2, 0) is 4.79 Å². The second kappa shape index (κ2) is 3.63. The SMILES string of the molecule is CC1(CC(=O)O)CC(=O)c2ccccc2O1. The molecule has 0 saturated heterocycles. The van der Waals surface area contributed by atoms with Crippen LogP contribution >= 0.6 is 0 Å². The van der Waals surface area contributed by atoms with E-state index in [4.69, 9.17) is 9.84 Å². The molecule has 4 nitrogen and oxygen atoms in total. The molecule has 0 radical (unpaired) electrons. The molecule has 0 aliphatic carbocycles. The van der Waals surface area contributed by atoms with E-state index in [2.05, 4.69) is 0 Å². The van der Waals surface area contributed by atoms with Crippen LogP contribution in [0.25, 0.3) is 0 Å². The first-order chi connectivity index (χ1) is 7.50. The highest BCUT2D eigenvalue weighted by Crippen LogP contribution is 2.34. The molecule has 1 aliphatic heterocycles. The number of hydrogen-bond acceptors (Lipinski definition) is 3. The van der Waals surface area contributed by atoms with Gasteiger partial charge in [-0.3, -0.25) is 9.59 Å². The standard InChI is InChI=1S/C12H12O4/c1-12(7-11(14)15)6-9(13)8-4-2-3-5-10(8)16-12/h2-5H,6-7H2,1H3,(H,14,15). The summed E-state index contributed by atoms with van der Waals surface area (Å²) in [5, 5.41) is 8.77. The van der Waals surface area contributed by atoms with E-state index in [0.717, 1.165) is 0 Å². The monoisotopic (exact) mass is 220 g/mol. The molecule has 1 aromatic carbocycles. The van der Waals surface area contributed by atoms with Crippen molar-refractivity contribution in [3.8, 4) is 5.75 Å². The molecule has 84 valence electrons. The summed E-state index contributed by atoms with van der Waals surface area (Å²) < 4.78 is 5.60. The number of rotatable bonds is 2. The summed E-state index contributed by atoms with van der Waals surface area (Å²) in [5.41, 5.74) is -0.401. The molecule has 0 amide bonds. The van der Waals surface area contributed by atoms with Crippen LogP contribution in [0, 0.1) is 0 Å². The zero-order valence-electron chi connectivity index (χ0n) is 8.90. The van der Waals surface area contributed by atoms with Crippen LogP contribution in [0.1, 0.15) is 30.1 Å². The van der Waals surface area contributed by atoms with Crippen LogP contribution in [0.4, 0.5) is 0 Å². The molecule has 0 aromatic heterocycles. The number of benzene rings is 1. The lowest BCUT2D eigenvalue weighted by atomic mass is 9.89. The maximum atomic E-state index is 11.8. The molecule has 1 aromatic rings. The fourth-order valence-corrected chi connectivity index (χ4v) is 1.94. The lowest BCUT2D eigenvalue weighted by Gasteiger charge is -2.33. The van der Waals surface area contributed by atoms with E-state index < -0.39 is 11.6 Å². The molecule has 0 bridgehead atoms. The van der Waals surface area contributed by atoms with Gasteiger partial charge in [-0.25, -0.2) is 0 Å². The van der Waals surface area contributed by atoms with Crippen molar-refractivity contribution >= 4 is 11.8 Å². The van der Waals surface area contributed by atoms with Crippen LogP contribution in [0.2, 0.25) is 0 Å². The van der Waals surface area contributed by atoms with Gasteiger partial charge >= 0.3 is 5.97 Å². The Labute approximate surface area is 92.8 Å². The van der Waals surface area contributed by atoms with Crippen LogP contribution < -0.4 is 4.74 Å². The number of aliphatic carboxylic acids is 1. The van der Waals surface area contributed by atoms with Crippen LogP contribution in [0.15, 0.2) is 24.3 Å². The Balaban J connectivity index is 2.33. The van der Waals surface area contributed by atoms with Gasteiger partial charge in [0.05, 0.1) is 18.4 Å². The Kier molecular flexibility index (Phi) is 2.42. The summed E-state index contributed by atoms with van der Waals surface area (Å²) >= 11 is 0. The summed E-state index contributed by atoms with van der Waals surface area (Å²) in [7, 11) is 0. The summed E-state index contributed by atoms with van der Waals surface area (Å²) in [6.45, 7) is 1.65. The van der Waals surface area contributed by atoms with Crippen molar-refractivity contribution in [2.24, 2.45) is 0 Å². The lowest BCUT2D eigenvalue weighted by molar-refractivity contribution is -0.141. The second-order valence-corrected chi connectivity index (χ2v) is 4.22. The van der Waals surface area contributed by atoms with Crippen molar-refractivity contribution in [1.82, 2.24) is 0 Å². The van der Waals surface area contributed by atoms with Crippen molar-refractivity contribution in [2.45, 2.75) is 25.4 Å². The predicted molar refractivity (Wildman–Crippen MR) is 56.7 cm³/mol. The third-order valence-electron chi connectivity index (χ3n) is 2.60. The molecule has 1 heterocycles. The Morgan fingerprint density at radius 3 is 2.88 bits per heavy atom. The van der Waals surface area contributed by atoms with Gasteiger partial charge in [-0.2, -0.15) is 0 Å². The van der Waals surface area contributed by atoms with Crippen molar-refractivity contribution < 1.29 is 19.4 Å². The lowest BCUT2D eigenvalue weighted by Crippen LogP contribution is -2.41. The van der Waals surface area contributed by atoms with Crippen molar-refractivity contribution in [2.75, 3.05) is 0 Å². The summed E-state index contributed by atoms with van der Waals surface area (Å²) in [4.78, 5) is 22.5. The molecule has 2 rings (SSSR count). The van der Waals surface area contributed by atoms with E-state index in [1.807, 2.05) is 0 Å². The largest absolute Gasteiger partial charge is 0.486 e. The third-order valence-corrected chi connectivity index (χ3v) is 2.60. The highest BCUT2D eigenvalue weighted by molar-refractivity contribution is 6.00. The number of carboxylic acids is 1. The van der Waals surface area contributed by atoms with Gasteiger partial charge in [0.1, 0.15) is 11.4 Å². The van der Waals surface area contributed by atoms with E-state index in [1.54, 1.807) is 31.2 Å². The predicted octanol–water partition coefficient (Wildman–Crippen LogP) is 1.89. The van der Waals surface area contributed by atoms with Gasteiger partial charge in [0.2, 0.25) is 0 Å². The Morgan fingerprint density at radius 1 is 1.50 bits per heavy atom. The molecule has 16 heavy (non-hydrogen) atoms. The molecule has 0 fully saturated rings. The topological polar surface area (TPSA) is 63.6 Å².